The van der Waals surface area contributed by atoms with Crippen LogP contribution in [-0.4, -0.2) is 11.4 Å². The van der Waals surface area contributed by atoms with Crippen molar-refractivity contribution in [2.24, 2.45) is 5.92 Å². The molecule has 3 nitrogen and oxygen atoms in total. The highest BCUT2D eigenvalue weighted by Crippen LogP contribution is 2.29. The van der Waals surface area contributed by atoms with E-state index < -0.39 is 5.54 Å². The number of nitriles is 1. The Balaban J connectivity index is 2.57. The van der Waals surface area contributed by atoms with Crippen LogP contribution in [0.3, 0.4) is 0 Å². The van der Waals surface area contributed by atoms with Gasteiger partial charge in [-0.05, 0) is 32.1 Å². The maximum Gasteiger partial charge on any atom is 0.224 e. The summed E-state index contributed by atoms with van der Waals surface area (Å²) >= 11 is 0. The lowest BCUT2D eigenvalue weighted by Crippen LogP contribution is -2.47. The van der Waals surface area contributed by atoms with E-state index in [0.29, 0.717) is 0 Å². The van der Waals surface area contributed by atoms with Gasteiger partial charge in [0.1, 0.15) is 5.54 Å². The van der Waals surface area contributed by atoms with Crippen molar-refractivity contribution < 1.29 is 4.79 Å². The van der Waals surface area contributed by atoms with Gasteiger partial charge in [-0.25, -0.2) is 0 Å². The molecule has 1 unspecified atom stereocenters. The van der Waals surface area contributed by atoms with Crippen LogP contribution in [0.2, 0.25) is 0 Å². The molecule has 0 radical (unpaired) electrons. The standard InChI is InChI=1S/C11H18N2O/c1-3-9(2)10(14)13-11(8-12)6-4-5-7-11/h9H,3-7H2,1-2H3,(H,13,14). The highest BCUT2D eigenvalue weighted by atomic mass is 16.2. The maximum atomic E-state index is 11.6. The minimum Gasteiger partial charge on any atom is -0.338 e. The number of hydrogen-bond donors (Lipinski definition) is 1. The van der Waals surface area contributed by atoms with Gasteiger partial charge in [-0.15, -0.1) is 0 Å². The molecule has 1 amide bonds. The van der Waals surface area contributed by atoms with Crippen molar-refractivity contribution in [1.82, 2.24) is 5.32 Å². The predicted molar refractivity (Wildman–Crippen MR) is 54.4 cm³/mol. The normalized spacial score (nSPS) is 21.2. The number of nitrogens with one attached hydrogen (secondary N) is 1. The molecule has 1 fully saturated rings. The van der Waals surface area contributed by atoms with Crippen molar-refractivity contribution >= 4 is 5.91 Å². The van der Waals surface area contributed by atoms with Gasteiger partial charge >= 0.3 is 0 Å². The number of carbonyl (C=O) groups excluding carboxylic acids is 1. The highest BCUT2D eigenvalue weighted by Gasteiger charge is 2.35. The van der Waals surface area contributed by atoms with Crippen LogP contribution in [-0.2, 0) is 4.79 Å². The van der Waals surface area contributed by atoms with Crippen LogP contribution in [0.15, 0.2) is 0 Å². The molecule has 1 atom stereocenters. The SMILES string of the molecule is CCC(C)C(=O)NC1(C#N)CCCC1. The number of nitrogens with zero attached hydrogens (tertiary/aromatic N) is 1. The molecule has 1 saturated carbocycles. The predicted octanol–water partition coefficient (Wildman–Crippen LogP) is 1.99. The zero-order valence-corrected chi connectivity index (χ0v) is 8.97. The smallest absolute Gasteiger partial charge is 0.224 e. The largest absolute Gasteiger partial charge is 0.338 e. The Morgan fingerprint density at radius 2 is 2.14 bits per heavy atom. The number of carbonyl (C=O) groups is 1. The lowest BCUT2D eigenvalue weighted by molar-refractivity contribution is -0.125. The third-order valence-electron chi connectivity index (χ3n) is 3.09. The molecule has 3 heteroatoms. The maximum absolute atomic E-state index is 11.6. The van der Waals surface area contributed by atoms with E-state index in [9.17, 15) is 4.79 Å². The Kier molecular flexibility index (Phi) is 3.51. The highest BCUT2D eigenvalue weighted by molar-refractivity contribution is 5.79. The summed E-state index contributed by atoms with van der Waals surface area (Å²) in [5.41, 5.74) is -0.555. The van der Waals surface area contributed by atoms with Gasteiger partial charge in [0.15, 0.2) is 0 Å². The van der Waals surface area contributed by atoms with Gasteiger partial charge in [-0.2, -0.15) is 5.26 Å². The average Bonchev–Trinajstić information content (AvgIpc) is 2.65. The topological polar surface area (TPSA) is 52.9 Å². The van der Waals surface area contributed by atoms with Crippen LogP contribution < -0.4 is 5.32 Å². The van der Waals surface area contributed by atoms with E-state index >= 15 is 0 Å². The minimum absolute atomic E-state index is 0.0147. The molecule has 14 heavy (non-hydrogen) atoms. The molecule has 0 saturated heterocycles. The molecule has 0 aliphatic heterocycles. The van der Waals surface area contributed by atoms with E-state index in [-0.39, 0.29) is 11.8 Å². The summed E-state index contributed by atoms with van der Waals surface area (Å²) < 4.78 is 0. The van der Waals surface area contributed by atoms with Crippen molar-refractivity contribution in [1.29, 1.82) is 5.26 Å². The molecular weight excluding hydrogens is 176 g/mol. The number of hydrogen-bond acceptors (Lipinski definition) is 2. The summed E-state index contributed by atoms with van der Waals surface area (Å²) in [5, 5.41) is 11.9. The van der Waals surface area contributed by atoms with E-state index in [2.05, 4.69) is 11.4 Å². The van der Waals surface area contributed by atoms with E-state index in [1.54, 1.807) is 0 Å². The molecule has 1 aliphatic carbocycles. The van der Waals surface area contributed by atoms with Gasteiger partial charge in [-0.3, -0.25) is 4.79 Å². The lowest BCUT2D eigenvalue weighted by atomic mass is 9.98. The van der Waals surface area contributed by atoms with Gasteiger partial charge in [0.25, 0.3) is 0 Å². The first-order valence-electron chi connectivity index (χ1n) is 5.37. The Morgan fingerprint density at radius 1 is 1.57 bits per heavy atom. The van der Waals surface area contributed by atoms with E-state index in [1.807, 2.05) is 13.8 Å². The van der Waals surface area contributed by atoms with Crippen LogP contribution in [0.5, 0.6) is 0 Å². The molecule has 1 rings (SSSR count). The van der Waals surface area contributed by atoms with Crippen LogP contribution in [0.25, 0.3) is 0 Å². The van der Waals surface area contributed by atoms with Crippen LogP contribution in [0.4, 0.5) is 0 Å². The fourth-order valence-electron chi connectivity index (χ4n) is 1.79. The van der Waals surface area contributed by atoms with Crippen molar-refractivity contribution in [3.05, 3.63) is 0 Å². The monoisotopic (exact) mass is 194 g/mol. The molecule has 0 bridgehead atoms. The van der Waals surface area contributed by atoms with Crippen molar-refractivity contribution in [3.8, 4) is 6.07 Å². The minimum atomic E-state index is -0.555. The zero-order chi connectivity index (χ0) is 10.6. The quantitative estimate of drug-likeness (QED) is 0.747. The number of amides is 1. The summed E-state index contributed by atoms with van der Waals surface area (Å²) in [4.78, 5) is 11.6. The van der Waals surface area contributed by atoms with Gasteiger partial charge in [0.05, 0.1) is 6.07 Å². The molecule has 0 spiro atoms. The van der Waals surface area contributed by atoms with Gasteiger partial charge in [0, 0.05) is 5.92 Å². The zero-order valence-electron chi connectivity index (χ0n) is 8.97. The van der Waals surface area contributed by atoms with Crippen LogP contribution in [0.1, 0.15) is 46.0 Å². The van der Waals surface area contributed by atoms with E-state index in [0.717, 1.165) is 32.1 Å². The second-order valence-electron chi connectivity index (χ2n) is 4.20. The molecule has 0 aromatic rings. The third kappa shape index (κ3) is 2.25. The summed E-state index contributed by atoms with van der Waals surface area (Å²) in [5.74, 6) is 0.0387. The first-order chi connectivity index (χ1) is 6.63. The molecule has 0 heterocycles. The Morgan fingerprint density at radius 3 is 2.57 bits per heavy atom. The fourth-order valence-corrected chi connectivity index (χ4v) is 1.79. The van der Waals surface area contributed by atoms with Gasteiger partial charge in [0.2, 0.25) is 5.91 Å². The first kappa shape index (κ1) is 11.0. The second kappa shape index (κ2) is 4.45. The molecule has 0 aromatic heterocycles. The molecule has 1 N–H and O–H groups in total. The Bertz CT molecular complexity index is 249. The number of rotatable bonds is 3. The van der Waals surface area contributed by atoms with Crippen LogP contribution >= 0.6 is 0 Å². The molecule has 1 aliphatic rings. The average molecular weight is 194 g/mol. The lowest BCUT2D eigenvalue weighted by Gasteiger charge is -2.23. The summed E-state index contributed by atoms with van der Waals surface area (Å²) in [6, 6.07) is 2.26. The molecule has 0 aromatic carbocycles. The second-order valence-corrected chi connectivity index (χ2v) is 4.20. The summed E-state index contributed by atoms with van der Waals surface area (Å²) in [7, 11) is 0. The third-order valence-corrected chi connectivity index (χ3v) is 3.09. The van der Waals surface area contributed by atoms with Gasteiger partial charge in [-0.1, -0.05) is 13.8 Å². The Hall–Kier alpha value is -1.04. The molecular formula is C11H18N2O. The fraction of sp³-hybridized carbons (Fsp3) is 0.818. The van der Waals surface area contributed by atoms with Crippen molar-refractivity contribution in [2.45, 2.75) is 51.5 Å². The Labute approximate surface area is 85.5 Å². The first-order valence-corrected chi connectivity index (χ1v) is 5.37. The van der Waals surface area contributed by atoms with Crippen molar-refractivity contribution in [3.63, 3.8) is 0 Å². The van der Waals surface area contributed by atoms with E-state index in [4.69, 9.17) is 5.26 Å². The van der Waals surface area contributed by atoms with E-state index in [1.165, 1.54) is 0 Å². The van der Waals surface area contributed by atoms with Gasteiger partial charge < -0.3 is 5.32 Å². The summed E-state index contributed by atoms with van der Waals surface area (Å²) in [6.07, 6.45) is 4.55. The molecule has 78 valence electrons. The van der Waals surface area contributed by atoms with Crippen molar-refractivity contribution in [2.75, 3.05) is 0 Å². The van der Waals surface area contributed by atoms with Crippen LogP contribution in [0, 0.1) is 17.2 Å². The summed E-state index contributed by atoms with van der Waals surface area (Å²) in [6.45, 7) is 3.88.